The van der Waals surface area contributed by atoms with Crippen molar-refractivity contribution in [2.45, 2.75) is 6.54 Å². The summed E-state index contributed by atoms with van der Waals surface area (Å²) in [4.78, 5) is 12.7. The summed E-state index contributed by atoms with van der Waals surface area (Å²) in [6.45, 7) is 1.38. The molecule has 1 aliphatic heterocycles. The average Bonchev–Trinajstić information content (AvgIpc) is 3.20. The topological polar surface area (TPSA) is 91.2 Å². The normalized spacial score (nSPS) is 12.7. The van der Waals surface area contributed by atoms with Crippen LogP contribution in [-0.4, -0.2) is 39.3 Å². The van der Waals surface area contributed by atoms with E-state index < -0.39 is 0 Å². The minimum atomic E-state index is -0.284. The van der Waals surface area contributed by atoms with E-state index in [0.717, 1.165) is 5.56 Å². The van der Waals surface area contributed by atoms with E-state index in [1.54, 1.807) is 18.2 Å². The number of amides is 1. The number of nitrogens with zero attached hydrogens (tertiary/aromatic N) is 4. The van der Waals surface area contributed by atoms with Crippen molar-refractivity contribution in [3.05, 3.63) is 58.9 Å². The van der Waals surface area contributed by atoms with Gasteiger partial charge in [0.2, 0.25) is 0 Å². The lowest BCUT2D eigenvalue weighted by Crippen LogP contribution is -2.24. The van der Waals surface area contributed by atoms with Gasteiger partial charge in [0.1, 0.15) is 19.5 Å². The van der Waals surface area contributed by atoms with Crippen molar-refractivity contribution in [2.75, 3.05) is 13.2 Å². The number of hydrogen-bond acceptors (Lipinski definition) is 6. The molecular formula is C17H14ClN5O3. The van der Waals surface area contributed by atoms with Crippen molar-refractivity contribution in [1.29, 1.82) is 0 Å². The predicted octanol–water partition coefficient (Wildman–Crippen LogP) is 2.02. The van der Waals surface area contributed by atoms with E-state index in [1.807, 2.05) is 18.2 Å². The average molecular weight is 372 g/mol. The molecule has 0 unspecified atom stereocenters. The Bertz CT molecular complexity index is 946. The van der Waals surface area contributed by atoms with Crippen LogP contribution in [0.2, 0.25) is 5.02 Å². The Morgan fingerprint density at radius 3 is 2.81 bits per heavy atom. The van der Waals surface area contributed by atoms with Crippen LogP contribution >= 0.6 is 11.6 Å². The van der Waals surface area contributed by atoms with Crippen molar-refractivity contribution in [1.82, 2.24) is 25.5 Å². The summed E-state index contributed by atoms with van der Waals surface area (Å²) in [7, 11) is 0. The third-order valence-electron chi connectivity index (χ3n) is 3.86. The van der Waals surface area contributed by atoms with E-state index in [4.69, 9.17) is 21.1 Å². The molecule has 1 amide bonds. The van der Waals surface area contributed by atoms with E-state index in [1.165, 1.54) is 11.0 Å². The number of benzene rings is 2. The molecule has 2 heterocycles. The van der Waals surface area contributed by atoms with Gasteiger partial charge >= 0.3 is 0 Å². The molecule has 3 aromatic rings. The molecule has 0 saturated heterocycles. The minimum Gasteiger partial charge on any atom is -0.486 e. The molecule has 8 nitrogen and oxygen atoms in total. The van der Waals surface area contributed by atoms with Crippen LogP contribution < -0.4 is 14.8 Å². The first kappa shape index (κ1) is 16.3. The van der Waals surface area contributed by atoms with E-state index in [9.17, 15) is 4.79 Å². The zero-order chi connectivity index (χ0) is 17.9. The summed E-state index contributed by atoms with van der Waals surface area (Å²) in [5, 5.41) is 14.3. The van der Waals surface area contributed by atoms with Gasteiger partial charge in [0.25, 0.3) is 5.91 Å². The molecule has 0 spiro atoms. The van der Waals surface area contributed by atoms with E-state index in [2.05, 4.69) is 20.8 Å². The maximum absolute atomic E-state index is 12.7. The number of carbonyl (C=O) groups excluding carboxylic acids is 1. The maximum atomic E-state index is 12.7. The fourth-order valence-corrected chi connectivity index (χ4v) is 2.81. The number of halogens is 1. The van der Waals surface area contributed by atoms with Gasteiger partial charge in [0.05, 0.1) is 11.3 Å². The number of nitrogens with one attached hydrogen (secondary N) is 1. The molecular weight excluding hydrogens is 358 g/mol. The number of rotatable bonds is 4. The number of hydrogen-bond donors (Lipinski definition) is 1. The zero-order valence-corrected chi connectivity index (χ0v) is 14.3. The Labute approximate surface area is 153 Å². The first-order valence-electron chi connectivity index (χ1n) is 7.90. The SMILES string of the molecule is O=C(NCc1ccc2c(c1)OCCO2)c1cc(Cl)ccc1-n1cnnn1. The Hall–Kier alpha value is -3.13. The summed E-state index contributed by atoms with van der Waals surface area (Å²) in [6.07, 6.45) is 1.42. The van der Waals surface area contributed by atoms with Gasteiger partial charge in [-0.15, -0.1) is 5.10 Å². The highest BCUT2D eigenvalue weighted by Gasteiger charge is 2.16. The monoisotopic (exact) mass is 371 g/mol. The molecule has 2 aromatic carbocycles. The molecule has 1 aromatic heterocycles. The largest absolute Gasteiger partial charge is 0.486 e. The smallest absolute Gasteiger partial charge is 0.253 e. The highest BCUT2D eigenvalue weighted by Crippen LogP contribution is 2.30. The highest BCUT2D eigenvalue weighted by molar-refractivity contribution is 6.31. The molecule has 0 bridgehead atoms. The molecule has 1 N–H and O–H groups in total. The second-order valence-corrected chi connectivity index (χ2v) is 6.01. The van der Waals surface area contributed by atoms with Crippen LogP contribution in [0.3, 0.4) is 0 Å². The Morgan fingerprint density at radius 2 is 2.00 bits per heavy atom. The molecule has 26 heavy (non-hydrogen) atoms. The summed E-state index contributed by atoms with van der Waals surface area (Å²) >= 11 is 6.05. The van der Waals surface area contributed by atoms with Gasteiger partial charge in [0.15, 0.2) is 11.5 Å². The summed E-state index contributed by atoms with van der Waals surface area (Å²) in [5.41, 5.74) is 1.81. The molecule has 1 aliphatic rings. The van der Waals surface area contributed by atoms with E-state index in [-0.39, 0.29) is 5.91 Å². The molecule has 0 aliphatic carbocycles. The molecule has 4 rings (SSSR count). The van der Waals surface area contributed by atoms with Crippen molar-refractivity contribution in [3.63, 3.8) is 0 Å². The van der Waals surface area contributed by atoms with E-state index in [0.29, 0.717) is 47.5 Å². The lowest BCUT2D eigenvalue weighted by molar-refractivity contribution is 0.0950. The van der Waals surface area contributed by atoms with Gasteiger partial charge in [-0.1, -0.05) is 17.7 Å². The van der Waals surface area contributed by atoms with Crippen molar-refractivity contribution in [3.8, 4) is 17.2 Å². The van der Waals surface area contributed by atoms with Gasteiger partial charge in [-0.3, -0.25) is 4.79 Å². The molecule has 0 radical (unpaired) electrons. The van der Waals surface area contributed by atoms with Crippen LogP contribution in [0.25, 0.3) is 5.69 Å². The number of carbonyl (C=O) groups is 1. The lowest BCUT2D eigenvalue weighted by Gasteiger charge is -2.19. The van der Waals surface area contributed by atoms with Crippen LogP contribution in [0, 0.1) is 0 Å². The van der Waals surface area contributed by atoms with E-state index >= 15 is 0 Å². The lowest BCUT2D eigenvalue weighted by atomic mass is 10.1. The summed E-state index contributed by atoms with van der Waals surface area (Å²) < 4.78 is 12.5. The van der Waals surface area contributed by atoms with Gasteiger partial charge in [-0.2, -0.15) is 4.68 Å². The van der Waals surface area contributed by atoms with Gasteiger partial charge in [-0.05, 0) is 46.3 Å². The molecule has 9 heteroatoms. The van der Waals surface area contributed by atoms with Gasteiger partial charge in [0, 0.05) is 11.6 Å². The van der Waals surface area contributed by atoms with Crippen molar-refractivity contribution < 1.29 is 14.3 Å². The first-order chi connectivity index (χ1) is 12.7. The van der Waals surface area contributed by atoms with Crippen LogP contribution in [0.15, 0.2) is 42.7 Å². The maximum Gasteiger partial charge on any atom is 0.253 e. The van der Waals surface area contributed by atoms with Gasteiger partial charge < -0.3 is 14.8 Å². The zero-order valence-electron chi connectivity index (χ0n) is 13.6. The third kappa shape index (κ3) is 3.31. The second-order valence-electron chi connectivity index (χ2n) is 5.58. The third-order valence-corrected chi connectivity index (χ3v) is 4.09. The second kappa shape index (κ2) is 7.01. The molecule has 0 saturated carbocycles. The van der Waals surface area contributed by atoms with Crippen LogP contribution in [-0.2, 0) is 6.54 Å². The fraction of sp³-hybridized carbons (Fsp3) is 0.176. The van der Waals surface area contributed by atoms with Crippen LogP contribution in [0.4, 0.5) is 0 Å². The Kier molecular flexibility index (Phi) is 4.40. The Balaban J connectivity index is 1.53. The molecule has 132 valence electrons. The van der Waals surface area contributed by atoms with Crippen LogP contribution in [0.5, 0.6) is 11.5 Å². The minimum absolute atomic E-state index is 0.284. The number of fused-ring (bicyclic) bond motifs is 1. The van der Waals surface area contributed by atoms with Crippen molar-refractivity contribution >= 4 is 17.5 Å². The standard InChI is InChI=1S/C17H14ClN5O3/c18-12-2-3-14(23-10-20-21-22-23)13(8-12)17(24)19-9-11-1-4-15-16(7-11)26-6-5-25-15/h1-4,7-8,10H,5-6,9H2,(H,19,24). The molecule has 0 fully saturated rings. The number of ether oxygens (including phenoxy) is 2. The highest BCUT2D eigenvalue weighted by atomic mass is 35.5. The summed E-state index contributed by atoms with van der Waals surface area (Å²) in [6, 6.07) is 10.5. The van der Waals surface area contributed by atoms with Crippen LogP contribution in [0.1, 0.15) is 15.9 Å². The first-order valence-corrected chi connectivity index (χ1v) is 8.28. The fourth-order valence-electron chi connectivity index (χ4n) is 2.64. The Morgan fingerprint density at radius 1 is 1.15 bits per heavy atom. The molecule has 0 atom stereocenters. The predicted molar refractivity (Wildman–Crippen MR) is 92.8 cm³/mol. The number of aromatic nitrogens is 4. The summed E-state index contributed by atoms with van der Waals surface area (Å²) in [5.74, 6) is 1.11. The van der Waals surface area contributed by atoms with Gasteiger partial charge in [-0.25, -0.2) is 0 Å². The number of tetrazole rings is 1. The van der Waals surface area contributed by atoms with Crippen molar-refractivity contribution in [2.24, 2.45) is 0 Å². The quantitative estimate of drug-likeness (QED) is 0.754.